The van der Waals surface area contributed by atoms with E-state index in [4.69, 9.17) is 4.74 Å². The van der Waals surface area contributed by atoms with Crippen molar-refractivity contribution in [3.05, 3.63) is 42.0 Å². The Morgan fingerprint density at radius 3 is 2.45 bits per heavy atom. The second-order valence-electron chi connectivity index (χ2n) is 8.54. The first-order valence-electron chi connectivity index (χ1n) is 10.4. The molecule has 1 saturated carbocycles. The number of anilines is 1. The van der Waals surface area contributed by atoms with Crippen molar-refractivity contribution in [1.82, 2.24) is 5.32 Å². The number of allylic oxidation sites excluding steroid dienone is 1. The number of hydrogen-bond donors (Lipinski definition) is 2. The van der Waals surface area contributed by atoms with Gasteiger partial charge in [0, 0.05) is 24.3 Å². The minimum atomic E-state index is -0.912. The summed E-state index contributed by atoms with van der Waals surface area (Å²) >= 11 is 0. The van der Waals surface area contributed by atoms with Crippen LogP contribution in [0.4, 0.5) is 10.5 Å². The number of nitrogens with one attached hydrogen (secondary N) is 1. The van der Waals surface area contributed by atoms with E-state index in [1.807, 2.05) is 32.9 Å². The van der Waals surface area contributed by atoms with E-state index in [1.54, 1.807) is 12.1 Å². The van der Waals surface area contributed by atoms with E-state index in [0.717, 1.165) is 43.5 Å². The summed E-state index contributed by atoms with van der Waals surface area (Å²) in [6, 6.07) is 5.88. The van der Waals surface area contributed by atoms with Crippen LogP contribution < -0.4 is 10.2 Å². The van der Waals surface area contributed by atoms with Crippen LogP contribution in [0.2, 0.25) is 0 Å². The van der Waals surface area contributed by atoms with Gasteiger partial charge in [0.2, 0.25) is 0 Å². The highest BCUT2D eigenvalue weighted by atomic mass is 16.6. The molecule has 0 aromatic heterocycles. The molecule has 0 spiro atoms. The fourth-order valence-corrected chi connectivity index (χ4v) is 4.03. The van der Waals surface area contributed by atoms with Crippen LogP contribution in [0.3, 0.4) is 0 Å². The summed E-state index contributed by atoms with van der Waals surface area (Å²) in [5.74, 6) is -0.912. The Balaban J connectivity index is 2.09. The first kappa shape index (κ1) is 22.8. The highest BCUT2D eigenvalue weighted by molar-refractivity contribution is 5.91. The van der Waals surface area contributed by atoms with Gasteiger partial charge in [-0.2, -0.15) is 0 Å². The predicted octanol–water partition coefficient (Wildman–Crippen LogP) is 4.78. The van der Waals surface area contributed by atoms with Crippen LogP contribution in [0.1, 0.15) is 69.3 Å². The molecule has 0 bridgehead atoms. The molecule has 0 atom stereocenters. The Kier molecular flexibility index (Phi) is 7.71. The van der Waals surface area contributed by atoms with Crippen molar-refractivity contribution in [3.8, 4) is 0 Å². The number of ether oxygens (including phenoxy) is 1. The third-order valence-corrected chi connectivity index (χ3v) is 5.24. The number of carboxylic acids is 1. The standard InChI is InChI=1S/C23H34N2O4/c1-6-9-18-19(21(26)27)10-8-11-20(18)25(7-2)17-14-12-16(13-15-17)24-22(28)29-23(3,4)5/h6,8,10-11,16-17H,1,7,9,12-15H2,2-5H3,(H,24,28)(H,26,27)/t16-,17-. The fraction of sp³-hybridized carbons (Fsp3) is 0.565. The minimum absolute atomic E-state index is 0.109. The van der Waals surface area contributed by atoms with Gasteiger partial charge in [-0.15, -0.1) is 6.58 Å². The van der Waals surface area contributed by atoms with Crippen molar-refractivity contribution < 1.29 is 19.4 Å². The maximum Gasteiger partial charge on any atom is 0.407 e. The van der Waals surface area contributed by atoms with E-state index >= 15 is 0 Å². The van der Waals surface area contributed by atoms with Gasteiger partial charge < -0.3 is 20.1 Å². The second-order valence-corrected chi connectivity index (χ2v) is 8.54. The molecular formula is C23H34N2O4. The van der Waals surface area contributed by atoms with Gasteiger partial charge in [0.1, 0.15) is 5.60 Å². The van der Waals surface area contributed by atoms with Gasteiger partial charge >= 0.3 is 12.1 Å². The quantitative estimate of drug-likeness (QED) is 0.642. The summed E-state index contributed by atoms with van der Waals surface area (Å²) in [7, 11) is 0. The van der Waals surface area contributed by atoms with Crippen LogP contribution in [-0.4, -0.2) is 41.4 Å². The van der Waals surface area contributed by atoms with Crippen molar-refractivity contribution >= 4 is 17.7 Å². The van der Waals surface area contributed by atoms with Gasteiger partial charge in [-0.3, -0.25) is 0 Å². The molecule has 6 heteroatoms. The average Bonchev–Trinajstić information content (AvgIpc) is 2.63. The first-order chi connectivity index (χ1) is 13.7. The number of alkyl carbamates (subject to hydrolysis) is 1. The van der Waals surface area contributed by atoms with Crippen LogP contribution in [0, 0.1) is 0 Å². The molecule has 0 aliphatic heterocycles. The van der Waals surface area contributed by atoms with Gasteiger partial charge in [0.25, 0.3) is 0 Å². The number of benzene rings is 1. The lowest BCUT2D eigenvalue weighted by Gasteiger charge is -2.39. The van der Waals surface area contributed by atoms with Gasteiger partial charge in [-0.25, -0.2) is 9.59 Å². The lowest BCUT2D eigenvalue weighted by molar-refractivity contribution is 0.0490. The zero-order valence-corrected chi connectivity index (χ0v) is 18.0. The third kappa shape index (κ3) is 6.24. The van der Waals surface area contributed by atoms with E-state index in [0.29, 0.717) is 18.0 Å². The second kappa shape index (κ2) is 9.81. The molecule has 1 fully saturated rings. The molecule has 1 amide bonds. The monoisotopic (exact) mass is 402 g/mol. The molecule has 2 rings (SSSR count). The molecule has 1 aliphatic rings. The maximum atomic E-state index is 12.0. The summed E-state index contributed by atoms with van der Waals surface area (Å²) in [5, 5.41) is 12.6. The van der Waals surface area contributed by atoms with Crippen molar-refractivity contribution in [2.24, 2.45) is 0 Å². The van der Waals surface area contributed by atoms with Crippen LogP contribution in [0.5, 0.6) is 0 Å². The van der Waals surface area contributed by atoms with Crippen molar-refractivity contribution in [1.29, 1.82) is 0 Å². The highest BCUT2D eigenvalue weighted by Gasteiger charge is 2.29. The lowest BCUT2D eigenvalue weighted by Crippen LogP contribution is -2.45. The number of rotatable bonds is 7. The number of amides is 1. The van der Waals surface area contributed by atoms with Gasteiger partial charge in [0.15, 0.2) is 0 Å². The predicted molar refractivity (Wildman–Crippen MR) is 116 cm³/mol. The van der Waals surface area contributed by atoms with Gasteiger partial charge in [0.05, 0.1) is 5.56 Å². The Hall–Kier alpha value is -2.50. The summed E-state index contributed by atoms with van der Waals surface area (Å²) < 4.78 is 5.36. The maximum absolute atomic E-state index is 12.0. The van der Waals surface area contributed by atoms with Gasteiger partial charge in [-0.1, -0.05) is 12.1 Å². The largest absolute Gasteiger partial charge is 0.478 e. The number of aromatic carboxylic acids is 1. The molecule has 1 aliphatic carbocycles. The lowest BCUT2D eigenvalue weighted by atomic mass is 9.89. The number of carbonyl (C=O) groups excluding carboxylic acids is 1. The van der Waals surface area contributed by atoms with E-state index in [2.05, 4.69) is 23.7 Å². The first-order valence-corrected chi connectivity index (χ1v) is 10.4. The number of hydrogen-bond acceptors (Lipinski definition) is 4. The Morgan fingerprint density at radius 1 is 1.28 bits per heavy atom. The normalized spacial score (nSPS) is 19.3. The Morgan fingerprint density at radius 2 is 1.93 bits per heavy atom. The van der Waals surface area contributed by atoms with Crippen molar-refractivity contribution in [3.63, 3.8) is 0 Å². The zero-order valence-electron chi connectivity index (χ0n) is 18.0. The Labute approximate surface area is 173 Å². The minimum Gasteiger partial charge on any atom is -0.478 e. The van der Waals surface area contributed by atoms with Crippen LogP contribution >= 0.6 is 0 Å². The topological polar surface area (TPSA) is 78.9 Å². The van der Waals surface area contributed by atoms with E-state index < -0.39 is 11.6 Å². The number of carbonyl (C=O) groups is 2. The number of carboxylic acid groups (broad SMARTS) is 1. The fourth-order valence-electron chi connectivity index (χ4n) is 4.03. The molecule has 1 aromatic carbocycles. The summed E-state index contributed by atoms with van der Waals surface area (Å²) in [6.07, 6.45) is 5.50. The molecule has 6 nitrogen and oxygen atoms in total. The molecule has 0 saturated heterocycles. The Bertz CT molecular complexity index is 731. The van der Waals surface area contributed by atoms with E-state index in [9.17, 15) is 14.7 Å². The molecule has 1 aromatic rings. The van der Waals surface area contributed by atoms with Gasteiger partial charge in [-0.05, 0) is 77.5 Å². The van der Waals surface area contributed by atoms with Crippen LogP contribution in [0.15, 0.2) is 30.9 Å². The van der Waals surface area contributed by atoms with Crippen LogP contribution in [-0.2, 0) is 11.2 Å². The summed E-state index contributed by atoms with van der Waals surface area (Å²) in [4.78, 5) is 26.0. The average molecular weight is 403 g/mol. The summed E-state index contributed by atoms with van der Waals surface area (Å²) in [5.41, 5.74) is 1.61. The smallest absolute Gasteiger partial charge is 0.407 e. The number of nitrogens with zero attached hydrogens (tertiary/aromatic N) is 1. The molecule has 0 unspecified atom stereocenters. The molecule has 2 N–H and O–H groups in total. The highest BCUT2D eigenvalue weighted by Crippen LogP contribution is 2.32. The SMILES string of the molecule is C=CCc1c(C(=O)O)cccc1N(CC)[C@H]1CC[C@H](NC(=O)OC(C)(C)C)CC1. The zero-order chi connectivity index (χ0) is 21.6. The molecule has 0 radical (unpaired) electrons. The molecule has 160 valence electrons. The van der Waals surface area contributed by atoms with Crippen LogP contribution in [0.25, 0.3) is 0 Å². The molecule has 29 heavy (non-hydrogen) atoms. The van der Waals surface area contributed by atoms with Crippen molar-refractivity contribution in [2.75, 3.05) is 11.4 Å². The molecular weight excluding hydrogens is 368 g/mol. The van der Waals surface area contributed by atoms with Crippen molar-refractivity contribution in [2.45, 2.75) is 77.5 Å². The third-order valence-electron chi connectivity index (χ3n) is 5.24. The molecule has 0 heterocycles. The van der Waals surface area contributed by atoms with E-state index in [1.165, 1.54) is 0 Å². The summed E-state index contributed by atoms with van der Waals surface area (Å²) in [6.45, 7) is 12.2. The van der Waals surface area contributed by atoms with E-state index in [-0.39, 0.29) is 12.1 Å².